The summed E-state index contributed by atoms with van der Waals surface area (Å²) < 4.78 is 2.00. The predicted octanol–water partition coefficient (Wildman–Crippen LogP) is 4.85. The number of rotatable bonds is 5. The van der Waals surface area contributed by atoms with Gasteiger partial charge in [0.1, 0.15) is 0 Å². The minimum atomic E-state index is 0.00299. The molecule has 1 aromatic heterocycles. The zero-order chi connectivity index (χ0) is 22.8. The van der Waals surface area contributed by atoms with Crippen molar-refractivity contribution in [2.24, 2.45) is 5.92 Å². The van der Waals surface area contributed by atoms with Gasteiger partial charge in [-0.05, 0) is 74.4 Å². The van der Waals surface area contributed by atoms with E-state index < -0.39 is 0 Å². The second-order valence-corrected chi connectivity index (χ2v) is 9.47. The number of hydrogen-bond donors (Lipinski definition) is 1. The van der Waals surface area contributed by atoms with Gasteiger partial charge in [-0.3, -0.25) is 4.68 Å². The largest absolute Gasteiger partial charge is 0.371 e. The molecule has 5 rings (SSSR count). The molecule has 0 atom stereocenters. The summed E-state index contributed by atoms with van der Waals surface area (Å²) in [7, 11) is 0. The molecule has 6 nitrogen and oxygen atoms in total. The molecular formula is C27H33N5O. The lowest BCUT2D eigenvalue weighted by Gasteiger charge is -2.34. The van der Waals surface area contributed by atoms with E-state index >= 15 is 0 Å². The molecule has 1 fully saturated rings. The second kappa shape index (κ2) is 9.30. The van der Waals surface area contributed by atoms with Crippen molar-refractivity contribution in [3.05, 3.63) is 77.1 Å². The number of piperidine rings is 1. The minimum Gasteiger partial charge on any atom is -0.371 e. The summed E-state index contributed by atoms with van der Waals surface area (Å²) in [5.41, 5.74) is 7.00. The molecule has 0 saturated carbocycles. The first-order chi connectivity index (χ1) is 16.0. The summed E-state index contributed by atoms with van der Waals surface area (Å²) in [6, 6.07) is 18.9. The lowest BCUT2D eigenvalue weighted by molar-refractivity contribution is 0.183. The monoisotopic (exact) mass is 443 g/mol. The number of likely N-dealkylation sites (tertiary alicyclic amines) is 1. The minimum absolute atomic E-state index is 0.00299. The van der Waals surface area contributed by atoms with Gasteiger partial charge in [0.15, 0.2) is 0 Å². The van der Waals surface area contributed by atoms with Crippen LogP contribution in [-0.4, -0.2) is 46.9 Å². The van der Waals surface area contributed by atoms with E-state index in [-0.39, 0.29) is 6.03 Å². The van der Waals surface area contributed by atoms with Crippen molar-refractivity contribution >= 4 is 17.4 Å². The third-order valence-electron chi connectivity index (χ3n) is 6.98. The summed E-state index contributed by atoms with van der Waals surface area (Å²) in [6.07, 6.45) is 3.27. The zero-order valence-electron chi connectivity index (χ0n) is 19.6. The number of aromatic nitrogens is 2. The number of nitrogens with one attached hydrogen (secondary N) is 1. The lowest BCUT2D eigenvalue weighted by atomic mass is 9.96. The molecule has 2 aliphatic heterocycles. The smallest absolute Gasteiger partial charge is 0.321 e. The van der Waals surface area contributed by atoms with Crippen LogP contribution in [0.3, 0.4) is 0 Å². The van der Waals surface area contributed by atoms with Gasteiger partial charge in [-0.1, -0.05) is 30.3 Å². The number of aryl methyl sites for hydroxylation is 2. The fourth-order valence-corrected chi connectivity index (χ4v) is 5.18. The van der Waals surface area contributed by atoms with E-state index in [2.05, 4.69) is 58.6 Å². The Morgan fingerprint density at radius 2 is 1.85 bits per heavy atom. The van der Waals surface area contributed by atoms with E-state index in [1.54, 1.807) is 0 Å². The van der Waals surface area contributed by atoms with Crippen molar-refractivity contribution in [1.82, 2.24) is 14.7 Å². The topological polar surface area (TPSA) is 53.4 Å². The Balaban J connectivity index is 1.13. The molecule has 0 radical (unpaired) electrons. The third-order valence-corrected chi connectivity index (χ3v) is 6.98. The fraction of sp³-hybridized carbons (Fsp3) is 0.407. The Morgan fingerprint density at radius 1 is 1.03 bits per heavy atom. The van der Waals surface area contributed by atoms with E-state index in [1.165, 1.54) is 11.3 Å². The molecule has 0 unspecified atom stereocenters. The van der Waals surface area contributed by atoms with Crippen molar-refractivity contribution in [3.8, 4) is 0 Å². The Labute approximate surface area is 196 Å². The SMILES string of the molecule is Cc1cc(C)n(Cc2cccc(NC(=O)N3CCC(CN4CCc5ccccc54)CC3)c2)n1. The van der Waals surface area contributed by atoms with Crippen LogP contribution in [0.5, 0.6) is 0 Å². The lowest BCUT2D eigenvalue weighted by Crippen LogP contribution is -2.43. The van der Waals surface area contributed by atoms with Gasteiger partial charge in [0.2, 0.25) is 0 Å². The first-order valence-corrected chi connectivity index (χ1v) is 12.0. The number of carbonyl (C=O) groups is 1. The van der Waals surface area contributed by atoms with E-state index in [0.717, 1.165) is 68.1 Å². The predicted molar refractivity (Wildman–Crippen MR) is 133 cm³/mol. The van der Waals surface area contributed by atoms with Crippen molar-refractivity contribution in [3.63, 3.8) is 0 Å². The van der Waals surface area contributed by atoms with Crippen molar-refractivity contribution in [2.75, 3.05) is 36.4 Å². The number of para-hydroxylation sites is 1. The summed E-state index contributed by atoms with van der Waals surface area (Å²) in [5, 5.41) is 7.65. The standard InChI is InChI=1S/C27H33N5O/c1-20-16-21(2)32(29-20)19-23-6-5-8-25(17-23)28-27(33)30-13-10-22(11-14-30)18-31-15-12-24-7-3-4-9-26(24)31/h3-9,16-17,22H,10-15,18-19H2,1-2H3,(H,28,33). The molecule has 1 N–H and O–H groups in total. The van der Waals surface area contributed by atoms with Gasteiger partial charge in [0.25, 0.3) is 0 Å². The Hall–Kier alpha value is -3.28. The van der Waals surface area contributed by atoms with E-state index in [1.807, 2.05) is 34.7 Å². The summed E-state index contributed by atoms with van der Waals surface area (Å²) in [5.74, 6) is 0.643. The molecule has 6 heteroatoms. The second-order valence-electron chi connectivity index (χ2n) is 9.47. The number of nitrogens with zero attached hydrogens (tertiary/aromatic N) is 4. The van der Waals surface area contributed by atoms with Crippen LogP contribution in [0, 0.1) is 19.8 Å². The highest BCUT2D eigenvalue weighted by atomic mass is 16.2. The highest BCUT2D eigenvalue weighted by Crippen LogP contribution is 2.30. The average molecular weight is 444 g/mol. The Bertz CT molecular complexity index is 1130. The van der Waals surface area contributed by atoms with Crippen LogP contribution >= 0.6 is 0 Å². The maximum absolute atomic E-state index is 12.9. The van der Waals surface area contributed by atoms with Crippen LogP contribution in [-0.2, 0) is 13.0 Å². The Kier molecular flexibility index (Phi) is 6.07. The fourth-order valence-electron chi connectivity index (χ4n) is 5.18. The third kappa shape index (κ3) is 4.90. The van der Waals surface area contributed by atoms with Crippen molar-refractivity contribution in [2.45, 2.75) is 39.7 Å². The average Bonchev–Trinajstić information content (AvgIpc) is 3.36. The molecule has 2 aliphatic rings. The highest BCUT2D eigenvalue weighted by molar-refractivity contribution is 5.89. The molecule has 0 spiro atoms. The normalized spacial score (nSPS) is 16.2. The van der Waals surface area contributed by atoms with Crippen LogP contribution < -0.4 is 10.2 Å². The molecule has 3 heterocycles. The first kappa shape index (κ1) is 21.6. The van der Waals surface area contributed by atoms with Crippen LogP contribution in [0.15, 0.2) is 54.6 Å². The molecule has 2 amide bonds. The van der Waals surface area contributed by atoms with Crippen molar-refractivity contribution < 1.29 is 4.79 Å². The summed E-state index contributed by atoms with van der Waals surface area (Å²) in [6.45, 7) is 8.63. The molecule has 3 aromatic rings. The quantitative estimate of drug-likeness (QED) is 0.613. The van der Waals surface area contributed by atoms with Gasteiger partial charge in [-0.25, -0.2) is 4.79 Å². The summed E-state index contributed by atoms with van der Waals surface area (Å²) >= 11 is 0. The van der Waals surface area contributed by atoms with E-state index in [4.69, 9.17) is 0 Å². The summed E-state index contributed by atoms with van der Waals surface area (Å²) in [4.78, 5) is 17.4. The zero-order valence-corrected chi connectivity index (χ0v) is 19.6. The van der Waals surface area contributed by atoms with Crippen LogP contribution in [0.2, 0.25) is 0 Å². The first-order valence-electron chi connectivity index (χ1n) is 12.0. The van der Waals surface area contributed by atoms with Gasteiger partial charge >= 0.3 is 6.03 Å². The number of hydrogen-bond acceptors (Lipinski definition) is 3. The van der Waals surface area contributed by atoms with Crippen LogP contribution in [0.25, 0.3) is 0 Å². The maximum atomic E-state index is 12.9. The molecule has 2 aromatic carbocycles. The molecule has 0 bridgehead atoms. The Morgan fingerprint density at radius 3 is 2.64 bits per heavy atom. The highest BCUT2D eigenvalue weighted by Gasteiger charge is 2.26. The number of fused-ring (bicyclic) bond motifs is 1. The van der Waals surface area contributed by atoms with E-state index in [9.17, 15) is 4.79 Å². The maximum Gasteiger partial charge on any atom is 0.321 e. The van der Waals surface area contributed by atoms with Gasteiger partial charge in [0.05, 0.1) is 12.2 Å². The number of amides is 2. The molecule has 0 aliphatic carbocycles. The van der Waals surface area contributed by atoms with Crippen molar-refractivity contribution in [1.29, 1.82) is 0 Å². The number of benzene rings is 2. The number of anilines is 2. The number of urea groups is 1. The molecule has 172 valence electrons. The molecule has 33 heavy (non-hydrogen) atoms. The number of carbonyl (C=O) groups excluding carboxylic acids is 1. The van der Waals surface area contributed by atoms with Gasteiger partial charge in [-0.15, -0.1) is 0 Å². The van der Waals surface area contributed by atoms with Crippen LogP contribution in [0.4, 0.5) is 16.2 Å². The molecular weight excluding hydrogens is 410 g/mol. The van der Waals surface area contributed by atoms with Gasteiger partial charge < -0.3 is 15.1 Å². The van der Waals surface area contributed by atoms with Crippen LogP contribution in [0.1, 0.15) is 35.4 Å². The molecule has 1 saturated heterocycles. The van der Waals surface area contributed by atoms with Gasteiger partial charge in [0, 0.05) is 43.2 Å². The van der Waals surface area contributed by atoms with E-state index in [0.29, 0.717) is 12.5 Å². The van der Waals surface area contributed by atoms with Gasteiger partial charge in [-0.2, -0.15) is 5.10 Å².